The first-order chi connectivity index (χ1) is 12.7. The van der Waals surface area contributed by atoms with Gasteiger partial charge in [-0.3, -0.25) is 24.6 Å². The van der Waals surface area contributed by atoms with Gasteiger partial charge in [-0.05, 0) is 24.3 Å². The van der Waals surface area contributed by atoms with E-state index < -0.39 is 5.91 Å². The summed E-state index contributed by atoms with van der Waals surface area (Å²) in [6, 6.07) is 8.63. The number of nitrogens with zero attached hydrogens (tertiary/aromatic N) is 4. The van der Waals surface area contributed by atoms with E-state index >= 15 is 0 Å². The normalized spacial score (nSPS) is 10.8. The number of nitrogens with one attached hydrogen (secondary N) is 2. The Morgan fingerprint density at radius 3 is 2.92 bits per heavy atom. The Bertz CT molecular complexity index is 1070. The van der Waals surface area contributed by atoms with Crippen LogP contribution in [0.1, 0.15) is 16.2 Å². The molecule has 0 spiro atoms. The fourth-order valence-electron chi connectivity index (χ4n) is 2.27. The van der Waals surface area contributed by atoms with E-state index in [1.165, 1.54) is 17.6 Å². The number of thiazole rings is 1. The van der Waals surface area contributed by atoms with Crippen molar-refractivity contribution < 1.29 is 14.0 Å². The Hall–Kier alpha value is -3.53. The van der Waals surface area contributed by atoms with Gasteiger partial charge in [0.05, 0.1) is 18.4 Å². The Morgan fingerprint density at radius 2 is 2.08 bits per heavy atom. The molecule has 0 radical (unpaired) electrons. The molecule has 0 unspecified atom stereocenters. The maximum absolute atomic E-state index is 12.2. The topological polar surface area (TPSA) is 114 Å². The second kappa shape index (κ2) is 6.76. The van der Waals surface area contributed by atoms with E-state index in [4.69, 9.17) is 4.42 Å². The first-order valence-corrected chi connectivity index (χ1v) is 8.46. The van der Waals surface area contributed by atoms with E-state index in [2.05, 4.69) is 25.8 Å². The molecule has 0 aromatic carbocycles. The lowest BCUT2D eigenvalue weighted by atomic mass is 10.3. The van der Waals surface area contributed by atoms with E-state index in [9.17, 15) is 9.59 Å². The molecule has 2 amide bonds. The smallest absolute Gasteiger partial charge is 0.293 e. The quantitative estimate of drug-likeness (QED) is 0.558. The van der Waals surface area contributed by atoms with Crippen LogP contribution in [0.5, 0.6) is 0 Å². The summed E-state index contributed by atoms with van der Waals surface area (Å²) in [5.41, 5.74) is 1.18. The average molecular weight is 368 g/mol. The number of amides is 2. The minimum atomic E-state index is -0.393. The number of carbonyl (C=O) groups excluding carboxylic acids is 2. The highest BCUT2D eigenvalue weighted by atomic mass is 32.1. The van der Waals surface area contributed by atoms with Crippen molar-refractivity contribution in [2.24, 2.45) is 0 Å². The highest BCUT2D eigenvalue weighted by Crippen LogP contribution is 2.17. The highest BCUT2D eigenvalue weighted by Gasteiger charge is 2.14. The summed E-state index contributed by atoms with van der Waals surface area (Å²) in [6.45, 7) is 0. The number of hydrogen-bond acceptors (Lipinski definition) is 7. The minimum Gasteiger partial charge on any atom is -0.459 e. The molecule has 26 heavy (non-hydrogen) atoms. The molecule has 0 aliphatic carbocycles. The largest absolute Gasteiger partial charge is 0.459 e. The fraction of sp³-hybridized carbons (Fsp3) is 0.0625. The molecule has 0 atom stereocenters. The first kappa shape index (κ1) is 16.0. The molecule has 0 saturated carbocycles. The maximum Gasteiger partial charge on any atom is 0.293 e. The number of fused-ring (bicyclic) bond motifs is 1. The molecule has 0 aliphatic heterocycles. The van der Waals surface area contributed by atoms with E-state index in [0.29, 0.717) is 22.4 Å². The predicted molar refractivity (Wildman–Crippen MR) is 94.1 cm³/mol. The van der Waals surface area contributed by atoms with Gasteiger partial charge in [0.1, 0.15) is 0 Å². The van der Waals surface area contributed by atoms with Gasteiger partial charge in [-0.25, -0.2) is 4.98 Å². The number of hydrogen-bond donors (Lipinski definition) is 2. The lowest BCUT2D eigenvalue weighted by molar-refractivity contribution is -0.115. The van der Waals surface area contributed by atoms with Crippen LogP contribution in [0, 0.1) is 0 Å². The molecule has 0 saturated heterocycles. The van der Waals surface area contributed by atoms with E-state index in [0.717, 1.165) is 0 Å². The fourth-order valence-corrected chi connectivity index (χ4v) is 2.98. The second-order valence-corrected chi connectivity index (χ2v) is 6.11. The molecule has 9 nitrogen and oxygen atoms in total. The van der Waals surface area contributed by atoms with Crippen molar-refractivity contribution in [1.29, 1.82) is 0 Å². The zero-order valence-corrected chi connectivity index (χ0v) is 14.1. The molecule has 4 aromatic rings. The van der Waals surface area contributed by atoms with Gasteiger partial charge in [-0.2, -0.15) is 0 Å². The highest BCUT2D eigenvalue weighted by molar-refractivity contribution is 7.14. The molecule has 0 aliphatic rings. The zero-order chi connectivity index (χ0) is 17.9. The molecule has 0 fully saturated rings. The van der Waals surface area contributed by atoms with Gasteiger partial charge >= 0.3 is 0 Å². The van der Waals surface area contributed by atoms with Gasteiger partial charge in [-0.15, -0.1) is 21.5 Å². The summed E-state index contributed by atoms with van der Waals surface area (Å²) in [5.74, 6) is -0.141. The van der Waals surface area contributed by atoms with Crippen LogP contribution in [0.15, 0.2) is 52.6 Å². The van der Waals surface area contributed by atoms with Crippen molar-refractivity contribution in [3.05, 3.63) is 59.6 Å². The molecule has 0 bridgehead atoms. The minimum absolute atomic E-state index is 0.0505. The van der Waals surface area contributed by atoms with E-state index in [1.54, 1.807) is 34.2 Å². The van der Waals surface area contributed by atoms with Gasteiger partial charge in [-0.1, -0.05) is 6.07 Å². The number of anilines is 2. The molecular weight excluding hydrogens is 356 g/mol. The molecule has 4 heterocycles. The van der Waals surface area contributed by atoms with Crippen LogP contribution in [-0.4, -0.2) is 31.4 Å². The first-order valence-electron chi connectivity index (χ1n) is 7.58. The van der Waals surface area contributed by atoms with Gasteiger partial charge < -0.3 is 4.42 Å². The molecule has 4 rings (SSSR count). The summed E-state index contributed by atoms with van der Waals surface area (Å²) in [5, 5.41) is 15.3. The third-order valence-corrected chi connectivity index (χ3v) is 4.23. The maximum atomic E-state index is 12.2. The van der Waals surface area contributed by atoms with Crippen molar-refractivity contribution in [2.75, 3.05) is 10.6 Å². The summed E-state index contributed by atoms with van der Waals surface area (Å²) in [6.07, 6.45) is 3.23. The Balaban J connectivity index is 1.39. The van der Waals surface area contributed by atoms with Crippen molar-refractivity contribution in [3.8, 4) is 0 Å². The molecule has 130 valence electrons. The van der Waals surface area contributed by atoms with Crippen molar-refractivity contribution in [2.45, 2.75) is 6.42 Å². The summed E-state index contributed by atoms with van der Waals surface area (Å²) in [4.78, 5) is 28.4. The van der Waals surface area contributed by atoms with Crippen LogP contribution >= 0.6 is 11.3 Å². The van der Waals surface area contributed by atoms with Gasteiger partial charge in [0, 0.05) is 11.6 Å². The second-order valence-electron chi connectivity index (χ2n) is 5.25. The average Bonchev–Trinajstić information content (AvgIpc) is 3.37. The van der Waals surface area contributed by atoms with Crippen LogP contribution in [-0.2, 0) is 11.2 Å². The van der Waals surface area contributed by atoms with E-state index in [-0.39, 0.29) is 18.1 Å². The third kappa shape index (κ3) is 3.30. The molecule has 4 aromatic heterocycles. The summed E-state index contributed by atoms with van der Waals surface area (Å²) < 4.78 is 6.69. The SMILES string of the molecule is O=C(Cc1csc(NC(=O)c2ccco2)n1)Nc1nnc2ccccn12. The lowest BCUT2D eigenvalue weighted by Gasteiger charge is -2.01. The van der Waals surface area contributed by atoms with Crippen LogP contribution in [0.25, 0.3) is 5.65 Å². The summed E-state index contributed by atoms with van der Waals surface area (Å²) >= 11 is 1.23. The standard InChI is InChI=1S/C16H12N6O3S/c23-13(18-15-21-20-12-5-1-2-6-22(12)15)8-10-9-26-16(17-10)19-14(24)11-4-3-7-25-11/h1-7,9H,8H2,(H,17,19,24)(H,18,21,23). The number of aromatic nitrogens is 4. The van der Waals surface area contributed by atoms with Crippen LogP contribution in [0.2, 0.25) is 0 Å². The zero-order valence-electron chi connectivity index (χ0n) is 13.2. The van der Waals surface area contributed by atoms with Crippen molar-refractivity contribution in [3.63, 3.8) is 0 Å². The third-order valence-electron chi connectivity index (χ3n) is 3.42. The lowest BCUT2D eigenvalue weighted by Crippen LogP contribution is -2.17. The van der Waals surface area contributed by atoms with Crippen LogP contribution in [0.4, 0.5) is 11.1 Å². The van der Waals surface area contributed by atoms with Crippen LogP contribution < -0.4 is 10.6 Å². The van der Waals surface area contributed by atoms with Crippen LogP contribution in [0.3, 0.4) is 0 Å². The van der Waals surface area contributed by atoms with Gasteiger partial charge in [0.15, 0.2) is 16.5 Å². The van der Waals surface area contributed by atoms with Crippen molar-refractivity contribution >= 4 is 39.9 Å². The van der Waals surface area contributed by atoms with E-state index in [1.807, 2.05) is 12.1 Å². The number of pyridine rings is 1. The Morgan fingerprint density at radius 1 is 1.15 bits per heavy atom. The summed E-state index contributed by atoms with van der Waals surface area (Å²) in [7, 11) is 0. The molecule has 2 N–H and O–H groups in total. The Labute approximate surface area is 150 Å². The number of furan rings is 1. The number of carbonyl (C=O) groups is 2. The van der Waals surface area contributed by atoms with Crippen molar-refractivity contribution in [1.82, 2.24) is 19.6 Å². The van der Waals surface area contributed by atoms with Gasteiger partial charge in [0.2, 0.25) is 11.9 Å². The molecule has 10 heteroatoms. The monoisotopic (exact) mass is 368 g/mol. The molecular formula is C16H12N6O3S. The predicted octanol–water partition coefficient (Wildman–Crippen LogP) is 2.21. The number of rotatable bonds is 5. The Kier molecular flexibility index (Phi) is 4.15. The van der Waals surface area contributed by atoms with Gasteiger partial charge in [0.25, 0.3) is 5.91 Å².